The third kappa shape index (κ3) is 4.84. The monoisotopic (exact) mass is 453 g/mol. The summed E-state index contributed by atoms with van der Waals surface area (Å²) in [4.78, 5) is 16.9. The van der Waals surface area contributed by atoms with Crippen LogP contribution in [0.4, 0.5) is 5.13 Å². The van der Waals surface area contributed by atoms with Crippen LogP contribution in [0.25, 0.3) is 0 Å². The first-order valence-electron chi connectivity index (χ1n) is 9.41. The van der Waals surface area contributed by atoms with Crippen LogP contribution in [-0.4, -0.2) is 19.3 Å². The van der Waals surface area contributed by atoms with E-state index >= 15 is 0 Å². The molecule has 7 nitrogen and oxygen atoms in total. The van der Waals surface area contributed by atoms with Crippen molar-refractivity contribution in [3.05, 3.63) is 101 Å². The molecule has 0 aliphatic carbocycles. The summed E-state index contributed by atoms with van der Waals surface area (Å²) in [7, 11) is -3.83. The molecule has 2 heterocycles. The summed E-state index contributed by atoms with van der Waals surface area (Å²) in [5, 5.41) is 4.87. The minimum atomic E-state index is -3.83. The van der Waals surface area contributed by atoms with E-state index in [-0.39, 0.29) is 23.9 Å². The van der Waals surface area contributed by atoms with Gasteiger partial charge in [-0.3, -0.25) is 4.79 Å². The van der Waals surface area contributed by atoms with Crippen LogP contribution in [0.2, 0.25) is 0 Å². The average Bonchev–Trinajstić information content (AvgIpc) is 3.51. The van der Waals surface area contributed by atoms with E-state index in [1.807, 2.05) is 0 Å². The van der Waals surface area contributed by atoms with E-state index in [1.165, 1.54) is 15.6 Å². The van der Waals surface area contributed by atoms with Crippen molar-refractivity contribution >= 4 is 32.4 Å². The number of nitrogens with one attached hydrogen (secondary N) is 1. The van der Waals surface area contributed by atoms with Crippen LogP contribution in [0.15, 0.2) is 93.9 Å². The predicted molar refractivity (Wildman–Crippen MR) is 118 cm³/mol. The van der Waals surface area contributed by atoms with Crippen LogP contribution in [-0.2, 0) is 23.1 Å². The van der Waals surface area contributed by atoms with Crippen molar-refractivity contribution in [2.45, 2.75) is 18.0 Å². The second-order valence-electron chi connectivity index (χ2n) is 6.60. The Morgan fingerprint density at radius 3 is 2.61 bits per heavy atom. The molecule has 2 aromatic heterocycles. The molecule has 0 radical (unpaired) electrons. The number of thiazole rings is 1. The number of hydrogen-bond acceptors (Lipinski definition) is 6. The van der Waals surface area contributed by atoms with E-state index in [4.69, 9.17) is 4.42 Å². The first-order valence-corrected chi connectivity index (χ1v) is 11.7. The van der Waals surface area contributed by atoms with Crippen molar-refractivity contribution in [2.24, 2.45) is 0 Å². The van der Waals surface area contributed by atoms with Crippen molar-refractivity contribution in [3.8, 4) is 0 Å². The Kier molecular flexibility index (Phi) is 6.15. The van der Waals surface area contributed by atoms with Crippen LogP contribution >= 0.6 is 11.3 Å². The molecule has 0 spiro atoms. The first-order chi connectivity index (χ1) is 15.0. The van der Waals surface area contributed by atoms with Gasteiger partial charge in [0.25, 0.3) is 15.9 Å². The SMILES string of the molecule is O=C(NCc1ccco1)c1cccc(CN(c2nccs2)S(=O)(=O)c2ccccc2)c1. The fourth-order valence-corrected chi connectivity index (χ4v) is 5.27. The highest BCUT2D eigenvalue weighted by atomic mass is 32.2. The summed E-state index contributed by atoms with van der Waals surface area (Å²) >= 11 is 1.23. The minimum absolute atomic E-state index is 0.0457. The standard InChI is InChI=1S/C22H19N3O4S2/c26-21(24-15-19-8-5-12-29-19)18-7-4-6-17(14-18)16-25(22-23-11-13-30-22)31(27,28)20-9-2-1-3-10-20/h1-14H,15-16H2,(H,24,26). The highest BCUT2D eigenvalue weighted by Gasteiger charge is 2.27. The molecule has 0 aliphatic rings. The van der Waals surface area contributed by atoms with Gasteiger partial charge in [0, 0.05) is 17.1 Å². The number of carbonyl (C=O) groups is 1. The third-order valence-corrected chi connectivity index (χ3v) is 7.14. The maximum Gasteiger partial charge on any atom is 0.266 e. The molecule has 1 amide bonds. The molecule has 0 saturated heterocycles. The Balaban J connectivity index is 1.58. The highest BCUT2D eigenvalue weighted by Crippen LogP contribution is 2.27. The van der Waals surface area contributed by atoms with Gasteiger partial charge in [-0.2, -0.15) is 0 Å². The van der Waals surface area contributed by atoms with Gasteiger partial charge < -0.3 is 9.73 Å². The molecule has 158 valence electrons. The molecule has 31 heavy (non-hydrogen) atoms. The van der Waals surface area contributed by atoms with E-state index in [2.05, 4.69) is 10.3 Å². The number of nitrogens with zero attached hydrogens (tertiary/aromatic N) is 2. The van der Waals surface area contributed by atoms with Gasteiger partial charge in [-0.25, -0.2) is 17.7 Å². The summed E-state index contributed by atoms with van der Waals surface area (Å²) in [6.07, 6.45) is 3.11. The zero-order chi connectivity index (χ0) is 21.7. The number of sulfonamides is 1. The minimum Gasteiger partial charge on any atom is -0.467 e. The molecule has 0 saturated carbocycles. The first kappa shape index (κ1) is 20.8. The summed E-state index contributed by atoms with van der Waals surface area (Å²) < 4.78 is 33.1. The van der Waals surface area contributed by atoms with E-state index in [0.29, 0.717) is 22.0 Å². The van der Waals surface area contributed by atoms with Gasteiger partial charge in [0.15, 0.2) is 5.13 Å². The Morgan fingerprint density at radius 1 is 1.06 bits per heavy atom. The molecule has 0 fully saturated rings. The lowest BCUT2D eigenvalue weighted by atomic mass is 10.1. The van der Waals surface area contributed by atoms with Gasteiger partial charge in [-0.05, 0) is 42.0 Å². The van der Waals surface area contributed by atoms with E-state index in [1.54, 1.807) is 84.6 Å². The lowest BCUT2D eigenvalue weighted by molar-refractivity contribution is 0.0948. The second-order valence-corrected chi connectivity index (χ2v) is 9.34. The predicted octanol–water partition coefficient (Wildman–Crippen LogP) is 4.06. The zero-order valence-electron chi connectivity index (χ0n) is 16.3. The van der Waals surface area contributed by atoms with Crippen LogP contribution in [0.1, 0.15) is 21.7 Å². The van der Waals surface area contributed by atoms with Crippen molar-refractivity contribution in [1.82, 2.24) is 10.3 Å². The van der Waals surface area contributed by atoms with Crippen molar-refractivity contribution in [2.75, 3.05) is 4.31 Å². The molecule has 4 rings (SSSR count). The Bertz CT molecular complexity index is 1240. The third-order valence-electron chi connectivity index (χ3n) is 4.48. The lowest BCUT2D eigenvalue weighted by Crippen LogP contribution is -2.30. The Labute approximate surface area is 184 Å². The number of carbonyl (C=O) groups excluding carboxylic acids is 1. The number of hydrogen-bond donors (Lipinski definition) is 1. The fraction of sp³-hybridized carbons (Fsp3) is 0.0909. The molecular formula is C22H19N3O4S2. The normalized spacial score (nSPS) is 11.2. The van der Waals surface area contributed by atoms with Crippen LogP contribution in [0, 0.1) is 0 Å². The molecule has 1 N–H and O–H groups in total. The van der Waals surface area contributed by atoms with Crippen LogP contribution < -0.4 is 9.62 Å². The van der Waals surface area contributed by atoms with Gasteiger partial charge >= 0.3 is 0 Å². The summed E-state index contributed by atoms with van der Waals surface area (Å²) in [5.74, 6) is 0.373. The van der Waals surface area contributed by atoms with Gasteiger partial charge in [0.2, 0.25) is 0 Å². The molecule has 0 bridgehead atoms. The lowest BCUT2D eigenvalue weighted by Gasteiger charge is -2.22. The maximum absolute atomic E-state index is 13.3. The molecule has 0 aliphatic heterocycles. The molecule has 0 atom stereocenters. The summed E-state index contributed by atoms with van der Waals surface area (Å²) in [5.41, 5.74) is 1.10. The van der Waals surface area contributed by atoms with Gasteiger partial charge in [-0.15, -0.1) is 11.3 Å². The van der Waals surface area contributed by atoms with Gasteiger partial charge in [-0.1, -0.05) is 30.3 Å². The largest absolute Gasteiger partial charge is 0.467 e. The molecule has 0 unspecified atom stereocenters. The van der Waals surface area contributed by atoms with E-state index in [0.717, 1.165) is 0 Å². The maximum atomic E-state index is 13.3. The number of rotatable bonds is 8. The number of furan rings is 1. The van der Waals surface area contributed by atoms with Crippen LogP contribution in [0.3, 0.4) is 0 Å². The molecule has 9 heteroatoms. The number of anilines is 1. The van der Waals surface area contributed by atoms with Crippen molar-refractivity contribution in [1.29, 1.82) is 0 Å². The topological polar surface area (TPSA) is 92.5 Å². The van der Waals surface area contributed by atoms with Crippen molar-refractivity contribution < 1.29 is 17.6 Å². The van der Waals surface area contributed by atoms with E-state index in [9.17, 15) is 13.2 Å². The molecular weight excluding hydrogens is 434 g/mol. The van der Waals surface area contributed by atoms with E-state index < -0.39 is 10.0 Å². The molecule has 2 aromatic carbocycles. The van der Waals surface area contributed by atoms with Crippen LogP contribution in [0.5, 0.6) is 0 Å². The quantitative estimate of drug-likeness (QED) is 0.434. The average molecular weight is 454 g/mol. The number of aromatic nitrogens is 1. The second kappa shape index (κ2) is 9.15. The smallest absolute Gasteiger partial charge is 0.266 e. The molecule has 4 aromatic rings. The Hall–Kier alpha value is -3.43. The Morgan fingerprint density at radius 2 is 1.90 bits per heavy atom. The van der Waals surface area contributed by atoms with Gasteiger partial charge in [0.05, 0.1) is 24.2 Å². The van der Waals surface area contributed by atoms with Crippen molar-refractivity contribution in [3.63, 3.8) is 0 Å². The summed E-state index contributed by atoms with van der Waals surface area (Å²) in [6, 6.07) is 18.6. The highest BCUT2D eigenvalue weighted by molar-refractivity contribution is 7.93. The fourth-order valence-electron chi connectivity index (χ4n) is 2.97. The number of amides is 1. The zero-order valence-corrected chi connectivity index (χ0v) is 18.0. The number of benzene rings is 2. The van der Waals surface area contributed by atoms with Gasteiger partial charge in [0.1, 0.15) is 5.76 Å². The summed E-state index contributed by atoms with van der Waals surface area (Å²) in [6.45, 7) is 0.313.